The molecule has 0 amide bonds. The molecule has 1 saturated carbocycles. The summed E-state index contributed by atoms with van der Waals surface area (Å²) in [5, 5.41) is 12.5. The Hall–Kier alpha value is -0.340. The minimum atomic E-state index is -0.261. The van der Waals surface area contributed by atoms with Gasteiger partial charge >= 0.3 is 0 Å². The Balaban J connectivity index is 2.15. The number of rotatable bonds is 2. The van der Waals surface area contributed by atoms with Gasteiger partial charge in [-0.2, -0.15) is 0 Å². The molecule has 0 aliphatic heterocycles. The fourth-order valence-corrected chi connectivity index (χ4v) is 3.37. The molecule has 1 aliphatic rings. The van der Waals surface area contributed by atoms with Crippen LogP contribution >= 0.6 is 11.3 Å². The number of hydrogen-bond acceptors (Lipinski definition) is 2. The molecule has 1 aromatic heterocycles. The molecule has 15 heavy (non-hydrogen) atoms. The minimum Gasteiger partial charge on any atom is -0.388 e. The third kappa shape index (κ3) is 2.26. The second kappa shape index (κ2) is 4.26. The highest BCUT2D eigenvalue weighted by Gasteiger charge is 2.35. The van der Waals surface area contributed by atoms with Gasteiger partial charge in [0.05, 0.1) is 6.10 Å². The van der Waals surface area contributed by atoms with E-state index in [9.17, 15) is 5.11 Å². The molecule has 1 N–H and O–H groups in total. The Labute approximate surface area is 96.1 Å². The molecule has 0 radical (unpaired) electrons. The molecular formula is C13H20OS. The van der Waals surface area contributed by atoms with Crippen LogP contribution in [0, 0.1) is 12.3 Å². The van der Waals surface area contributed by atoms with Crippen molar-refractivity contribution in [1.29, 1.82) is 0 Å². The normalized spacial score (nSPS) is 22.6. The number of aliphatic hydroxyl groups excluding tert-OH is 1. The Bertz CT molecular complexity index is 323. The first-order valence-corrected chi connectivity index (χ1v) is 6.73. The standard InChI is InChI=1S/C13H20OS/c1-10-8-11(9-15-10)12(14)13(2)6-4-3-5-7-13/h8-9,12,14H,3-7H2,1-2H3. The van der Waals surface area contributed by atoms with Gasteiger partial charge in [-0.25, -0.2) is 0 Å². The first-order chi connectivity index (χ1) is 7.12. The summed E-state index contributed by atoms with van der Waals surface area (Å²) in [5.41, 5.74) is 1.24. The van der Waals surface area contributed by atoms with E-state index in [1.807, 2.05) is 0 Å². The van der Waals surface area contributed by atoms with Gasteiger partial charge in [-0.05, 0) is 42.2 Å². The Morgan fingerprint density at radius 2 is 2.00 bits per heavy atom. The van der Waals surface area contributed by atoms with Gasteiger partial charge in [-0.3, -0.25) is 0 Å². The van der Waals surface area contributed by atoms with Gasteiger partial charge in [-0.15, -0.1) is 11.3 Å². The predicted molar refractivity (Wildman–Crippen MR) is 65.2 cm³/mol. The van der Waals surface area contributed by atoms with Crippen molar-refractivity contribution in [3.05, 3.63) is 21.9 Å². The van der Waals surface area contributed by atoms with E-state index >= 15 is 0 Å². The Morgan fingerprint density at radius 3 is 2.53 bits per heavy atom. The second-order valence-corrected chi connectivity index (χ2v) is 6.22. The molecule has 1 aromatic rings. The van der Waals surface area contributed by atoms with Crippen LogP contribution in [-0.4, -0.2) is 5.11 Å². The van der Waals surface area contributed by atoms with Gasteiger partial charge in [0, 0.05) is 4.88 Å². The summed E-state index contributed by atoms with van der Waals surface area (Å²) in [4.78, 5) is 1.29. The van der Waals surface area contributed by atoms with Crippen LogP contribution in [0.1, 0.15) is 55.6 Å². The zero-order valence-corrected chi connectivity index (χ0v) is 10.4. The summed E-state index contributed by atoms with van der Waals surface area (Å²) in [7, 11) is 0. The highest BCUT2D eigenvalue weighted by molar-refractivity contribution is 7.10. The van der Waals surface area contributed by atoms with Crippen molar-refractivity contribution in [2.45, 2.75) is 52.1 Å². The quantitative estimate of drug-likeness (QED) is 0.803. The number of hydrogen-bond donors (Lipinski definition) is 1. The average molecular weight is 224 g/mol. The Morgan fingerprint density at radius 1 is 1.33 bits per heavy atom. The lowest BCUT2D eigenvalue weighted by Gasteiger charge is -2.37. The lowest BCUT2D eigenvalue weighted by molar-refractivity contribution is 0.00846. The van der Waals surface area contributed by atoms with Crippen LogP contribution < -0.4 is 0 Å². The van der Waals surface area contributed by atoms with Crippen LogP contribution in [0.25, 0.3) is 0 Å². The fraction of sp³-hybridized carbons (Fsp3) is 0.692. The maximum absolute atomic E-state index is 10.4. The maximum atomic E-state index is 10.4. The molecule has 84 valence electrons. The molecule has 0 spiro atoms. The van der Waals surface area contributed by atoms with Crippen LogP contribution in [0.4, 0.5) is 0 Å². The van der Waals surface area contributed by atoms with E-state index < -0.39 is 0 Å². The first-order valence-electron chi connectivity index (χ1n) is 5.85. The number of aryl methyl sites for hydroxylation is 1. The minimum absolute atomic E-state index is 0.117. The SMILES string of the molecule is Cc1cc(C(O)C2(C)CCCCC2)cs1. The molecule has 1 unspecified atom stereocenters. The molecular weight excluding hydrogens is 204 g/mol. The zero-order valence-electron chi connectivity index (χ0n) is 9.62. The summed E-state index contributed by atoms with van der Waals surface area (Å²) in [5.74, 6) is 0. The van der Waals surface area contributed by atoms with Gasteiger partial charge in [0.15, 0.2) is 0 Å². The molecule has 0 aromatic carbocycles. The lowest BCUT2D eigenvalue weighted by Crippen LogP contribution is -2.27. The first kappa shape index (κ1) is 11.2. The van der Waals surface area contributed by atoms with E-state index in [0.29, 0.717) is 0 Å². The monoisotopic (exact) mass is 224 g/mol. The van der Waals surface area contributed by atoms with Crippen molar-refractivity contribution in [2.75, 3.05) is 0 Å². The molecule has 1 atom stereocenters. The molecule has 1 heterocycles. The van der Waals surface area contributed by atoms with Crippen molar-refractivity contribution in [3.63, 3.8) is 0 Å². The lowest BCUT2D eigenvalue weighted by atomic mass is 9.70. The maximum Gasteiger partial charge on any atom is 0.0851 e. The van der Waals surface area contributed by atoms with Crippen LogP contribution in [0.2, 0.25) is 0 Å². The summed E-state index contributed by atoms with van der Waals surface area (Å²) in [6.45, 7) is 4.34. The molecule has 2 heteroatoms. The van der Waals surface area contributed by atoms with E-state index in [0.717, 1.165) is 5.56 Å². The highest BCUT2D eigenvalue weighted by Crippen LogP contribution is 2.46. The van der Waals surface area contributed by atoms with Crippen molar-refractivity contribution < 1.29 is 5.11 Å². The van der Waals surface area contributed by atoms with Gasteiger partial charge in [0.2, 0.25) is 0 Å². The van der Waals surface area contributed by atoms with Gasteiger partial charge in [-0.1, -0.05) is 26.2 Å². The predicted octanol–water partition coefficient (Wildman–Crippen LogP) is 4.06. The topological polar surface area (TPSA) is 20.2 Å². The van der Waals surface area contributed by atoms with Gasteiger partial charge < -0.3 is 5.11 Å². The number of thiophene rings is 1. The van der Waals surface area contributed by atoms with Crippen LogP contribution in [0.3, 0.4) is 0 Å². The summed E-state index contributed by atoms with van der Waals surface area (Å²) < 4.78 is 0. The molecule has 1 fully saturated rings. The third-order valence-electron chi connectivity index (χ3n) is 3.72. The van der Waals surface area contributed by atoms with Crippen molar-refractivity contribution in [3.8, 4) is 0 Å². The fourth-order valence-electron chi connectivity index (χ4n) is 2.64. The third-order valence-corrected chi connectivity index (χ3v) is 4.60. The van der Waals surface area contributed by atoms with Crippen molar-refractivity contribution in [2.24, 2.45) is 5.41 Å². The highest BCUT2D eigenvalue weighted by atomic mass is 32.1. The summed E-state index contributed by atoms with van der Waals surface area (Å²) >= 11 is 1.74. The van der Waals surface area contributed by atoms with E-state index in [1.165, 1.54) is 37.0 Å². The van der Waals surface area contributed by atoms with Crippen LogP contribution in [0.5, 0.6) is 0 Å². The smallest absolute Gasteiger partial charge is 0.0851 e. The second-order valence-electron chi connectivity index (χ2n) is 5.11. The van der Waals surface area contributed by atoms with E-state index in [1.54, 1.807) is 11.3 Å². The summed E-state index contributed by atoms with van der Waals surface area (Å²) in [6, 6.07) is 2.13. The van der Waals surface area contributed by atoms with Gasteiger partial charge in [0.25, 0.3) is 0 Å². The van der Waals surface area contributed by atoms with E-state index in [4.69, 9.17) is 0 Å². The molecule has 0 saturated heterocycles. The molecule has 0 bridgehead atoms. The average Bonchev–Trinajstić information content (AvgIpc) is 2.65. The van der Waals surface area contributed by atoms with Crippen molar-refractivity contribution >= 4 is 11.3 Å². The number of aliphatic hydroxyl groups is 1. The largest absolute Gasteiger partial charge is 0.388 e. The van der Waals surface area contributed by atoms with Crippen molar-refractivity contribution in [1.82, 2.24) is 0 Å². The summed E-state index contributed by atoms with van der Waals surface area (Å²) in [6.07, 6.45) is 5.97. The van der Waals surface area contributed by atoms with Crippen LogP contribution in [0.15, 0.2) is 11.4 Å². The molecule has 1 nitrogen and oxygen atoms in total. The van der Waals surface area contributed by atoms with E-state index in [2.05, 4.69) is 25.3 Å². The van der Waals surface area contributed by atoms with Crippen LogP contribution in [-0.2, 0) is 0 Å². The van der Waals surface area contributed by atoms with Gasteiger partial charge in [0.1, 0.15) is 0 Å². The zero-order chi connectivity index (χ0) is 10.9. The molecule has 1 aliphatic carbocycles. The molecule has 2 rings (SSSR count). The Kier molecular flexibility index (Phi) is 3.17. The van der Waals surface area contributed by atoms with E-state index in [-0.39, 0.29) is 11.5 Å².